The number of rotatable bonds is 0. The second-order valence-corrected chi connectivity index (χ2v) is 9.87. The first kappa shape index (κ1) is 33.5. The van der Waals surface area contributed by atoms with Crippen molar-refractivity contribution in [2.75, 3.05) is 37.8 Å². The molecule has 0 aromatic carbocycles. The molecule has 0 radical (unpaired) electrons. The Bertz CT molecular complexity index is 357. The Hall–Kier alpha value is -0.130. The second kappa shape index (κ2) is 24.1. The van der Waals surface area contributed by atoms with Gasteiger partial charge in [0.05, 0.1) is 11.5 Å². The van der Waals surface area contributed by atoms with E-state index in [1.165, 1.54) is 38.8 Å². The highest BCUT2D eigenvalue weighted by molar-refractivity contribution is 7.91. The van der Waals surface area contributed by atoms with Crippen LogP contribution in [-0.4, -0.2) is 46.2 Å². The van der Waals surface area contributed by atoms with Crippen LogP contribution < -0.4 is 5.32 Å². The van der Waals surface area contributed by atoms with Crippen molar-refractivity contribution in [2.24, 2.45) is 17.8 Å². The van der Waals surface area contributed by atoms with Gasteiger partial charge in [-0.3, -0.25) is 0 Å². The van der Waals surface area contributed by atoms with Gasteiger partial charge in [-0.25, -0.2) is 8.42 Å². The molecule has 0 saturated carbocycles. The molecular formula is C24H55NO3S. The van der Waals surface area contributed by atoms with Gasteiger partial charge in [-0.15, -0.1) is 0 Å². The number of hydrogen-bond donors (Lipinski definition) is 1. The molecule has 3 aliphatic rings. The first-order valence-electron chi connectivity index (χ1n) is 12.4. The molecule has 0 aromatic heterocycles. The van der Waals surface area contributed by atoms with Crippen molar-refractivity contribution in [3.8, 4) is 0 Å². The van der Waals surface area contributed by atoms with Crippen LogP contribution >= 0.6 is 0 Å². The van der Waals surface area contributed by atoms with Crippen molar-refractivity contribution < 1.29 is 13.2 Å². The molecule has 1 N–H and O–H groups in total. The van der Waals surface area contributed by atoms with E-state index in [4.69, 9.17) is 4.74 Å². The first-order chi connectivity index (χ1) is 13.9. The summed E-state index contributed by atoms with van der Waals surface area (Å²) in [4.78, 5) is 0. The Kier molecular flexibility index (Phi) is 27.9. The van der Waals surface area contributed by atoms with E-state index in [0.717, 1.165) is 37.9 Å². The maximum Gasteiger partial charge on any atom is 0.150 e. The molecule has 0 atom stereocenters. The van der Waals surface area contributed by atoms with Crippen LogP contribution in [0, 0.1) is 17.8 Å². The zero-order valence-corrected chi connectivity index (χ0v) is 22.2. The summed E-state index contributed by atoms with van der Waals surface area (Å²) in [6.07, 6.45) is 7.00. The molecule has 180 valence electrons. The van der Waals surface area contributed by atoms with Crippen LogP contribution in [0.15, 0.2) is 0 Å². The maximum absolute atomic E-state index is 10.8. The normalized spacial score (nSPS) is 21.6. The fourth-order valence-corrected chi connectivity index (χ4v) is 4.52. The SMILES string of the molecule is CC.CC.CC.CC1CCNCC1.CC1CCOCC1.CC1CCS(=O)(=O)CC1. The molecule has 0 aliphatic carbocycles. The molecule has 5 heteroatoms. The first-order valence-corrected chi connectivity index (χ1v) is 14.2. The van der Waals surface area contributed by atoms with Gasteiger partial charge in [0, 0.05) is 13.2 Å². The van der Waals surface area contributed by atoms with E-state index in [1.54, 1.807) is 0 Å². The molecule has 3 fully saturated rings. The summed E-state index contributed by atoms with van der Waals surface area (Å²) >= 11 is 0. The van der Waals surface area contributed by atoms with Gasteiger partial charge in [0.25, 0.3) is 0 Å². The molecule has 3 rings (SSSR count). The lowest BCUT2D eigenvalue weighted by molar-refractivity contribution is 0.0716. The van der Waals surface area contributed by atoms with E-state index in [9.17, 15) is 8.42 Å². The van der Waals surface area contributed by atoms with Crippen LogP contribution in [0.3, 0.4) is 0 Å². The van der Waals surface area contributed by atoms with Crippen LogP contribution in [0.25, 0.3) is 0 Å². The predicted molar refractivity (Wildman–Crippen MR) is 132 cm³/mol. The summed E-state index contributed by atoms with van der Waals surface area (Å²) in [6.45, 7) is 23.2. The summed E-state index contributed by atoms with van der Waals surface area (Å²) in [6, 6.07) is 0. The lowest BCUT2D eigenvalue weighted by Crippen LogP contribution is -2.26. The Balaban J connectivity index is -0.000000311. The third kappa shape index (κ3) is 24.0. The zero-order valence-electron chi connectivity index (χ0n) is 21.4. The Labute approximate surface area is 184 Å². The van der Waals surface area contributed by atoms with Crippen molar-refractivity contribution in [1.82, 2.24) is 5.32 Å². The third-order valence-electron chi connectivity index (χ3n) is 4.98. The predicted octanol–water partition coefficient (Wildman–Crippen LogP) is 6.35. The van der Waals surface area contributed by atoms with Crippen molar-refractivity contribution in [1.29, 1.82) is 0 Å². The smallest absolute Gasteiger partial charge is 0.150 e. The molecule has 29 heavy (non-hydrogen) atoms. The Morgan fingerprint density at radius 1 is 0.621 bits per heavy atom. The second-order valence-electron chi connectivity index (χ2n) is 7.56. The molecule has 3 heterocycles. The summed E-state index contributed by atoms with van der Waals surface area (Å²) in [5.74, 6) is 3.33. The van der Waals surface area contributed by atoms with Crippen molar-refractivity contribution in [3.05, 3.63) is 0 Å². The number of sulfone groups is 1. The van der Waals surface area contributed by atoms with E-state index in [0.29, 0.717) is 17.4 Å². The van der Waals surface area contributed by atoms with Gasteiger partial charge < -0.3 is 10.1 Å². The summed E-state index contributed by atoms with van der Waals surface area (Å²) in [5, 5.41) is 3.32. The summed E-state index contributed by atoms with van der Waals surface area (Å²) in [5.41, 5.74) is 0. The van der Waals surface area contributed by atoms with Gasteiger partial charge in [0.1, 0.15) is 9.84 Å². The molecular weight excluding hydrogens is 382 g/mol. The quantitative estimate of drug-likeness (QED) is 0.480. The average molecular weight is 438 g/mol. The Morgan fingerprint density at radius 2 is 0.966 bits per heavy atom. The Morgan fingerprint density at radius 3 is 1.21 bits per heavy atom. The van der Waals surface area contributed by atoms with Crippen LogP contribution in [0.2, 0.25) is 0 Å². The standard InChI is InChI=1S/C6H13N.C6H12O2S.C6H12O.3C2H6/c1-6-2-4-7-5-3-6;1-6-2-4-9(7,8)5-3-6;1-6-2-4-7-5-3-6;3*1-2/h6-7H,2-5H2,1H3;6H,2-5H2,1H3;6H,2-5H2,1H3;3*1-2H3. The largest absolute Gasteiger partial charge is 0.381 e. The minimum Gasteiger partial charge on any atom is -0.381 e. The van der Waals surface area contributed by atoms with Crippen LogP contribution in [0.5, 0.6) is 0 Å². The van der Waals surface area contributed by atoms with Gasteiger partial charge in [-0.1, -0.05) is 62.3 Å². The fraction of sp³-hybridized carbons (Fsp3) is 1.00. The average Bonchev–Trinajstić information content (AvgIpc) is 2.77. The number of nitrogens with one attached hydrogen (secondary N) is 1. The molecule has 4 nitrogen and oxygen atoms in total. The fourth-order valence-electron chi connectivity index (χ4n) is 2.79. The van der Waals surface area contributed by atoms with E-state index < -0.39 is 9.84 Å². The topological polar surface area (TPSA) is 55.4 Å². The molecule has 0 bridgehead atoms. The van der Waals surface area contributed by atoms with Gasteiger partial charge in [0.15, 0.2) is 0 Å². The minimum absolute atomic E-state index is 0.411. The van der Waals surface area contributed by atoms with Gasteiger partial charge in [0.2, 0.25) is 0 Å². The van der Waals surface area contributed by atoms with Crippen LogP contribution in [-0.2, 0) is 14.6 Å². The highest BCUT2D eigenvalue weighted by atomic mass is 32.2. The molecule has 3 aliphatic heterocycles. The van der Waals surface area contributed by atoms with Crippen molar-refractivity contribution >= 4 is 9.84 Å². The minimum atomic E-state index is -2.62. The van der Waals surface area contributed by atoms with E-state index in [-0.39, 0.29) is 0 Å². The summed E-state index contributed by atoms with van der Waals surface area (Å²) in [7, 11) is -2.62. The van der Waals surface area contributed by atoms with E-state index >= 15 is 0 Å². The van der Waals surface area contributed by atoms with E-state index in [2.05, 4.69) is 26.1 Å². The molecule has 0 spiro atoms. The zero-order chi connectivity index (χ0) is 23.1. The lowest BCUT2D eigenvalue weighted by Gasteiger charge is -2.17. The number of hydrogen-bond acceptors (Lipinski definition) is 4. The van der Waals surface area contributed by atoms with Crippen LogP contribution in [0.4, 0.5) is 0 Å². The van der Waals surface area contributed by atoms with Crippen molar-refractivity contribution in [3.63, 3.8) is 0 Å². The molecule has 0 amide bonds. The van der Waals surface area contributed by atoms with Gasteiger partial charge >= 0.3 is 0 Å². The number of piperidine rings is 1. The number of ether oxygens (including phenoxy) is 1. The highest BCUT2D eigenvalue weighted by Crippen LogP contribution is 2.17. The maximum atomic E-state index is 10.8. The lowest BCUT2D eigenvalue weighted by atomic mass is 10.0. The molecule has 3 saturated heterocycles. The van der Waals surface area contributed by atoms with Crippen molar-refractivity contribution in [2.45, 2.75) is 101 Å². The summed E-state index contributed by atoms with van der Waals surface area (Å²) < 4.78 is 26.7. The highest BCUT2D eigenvalue weighted by Gasteiger charge is 2.19. The molecule has 0 unspecified atom stereocenters. The van der Waals surface area contributed by atoms with Gasteiger partial charge in [-0.2, -0.15) is 0 Å². The monoisotopic (exact) mass is 437 g/mol. The van der Waals surface area contributed by atoms with E-state index in [1.807, 2.05) is 41.5 Å². The molecule has 0 aromatic rings. The third-order valence-corrected chi connectivity index (χ3v) is 6.70. The van der Waals surface area contributed by atoms with Crippen LogP contribution in [0.1, 0.15) is 101 Å². The van der Waals surface area contributed by atoms with Gasteiger partial charge in [-0.05, 0) is 69.4 Å².